The highest BCUT2D eigenvalue weighted by molar-refractivity contribution is 7.09. The summed E-state index contributed by atoms with van der Waals surface area (Å²) >= 11 is 1.79. The van der Waals surface area contributed by atoms with Gasteiger partial charge in [0, 0.05) is 25.0 Å². The number of hydrogen-bond donors (Lipinski definition) is 1. The van der Waals surface area contributed by atoms with E-state index in [2.05, 4.69) is 32.6 Å². The Balaban J connectivity index is 1.52. The fourth-order valence-corrected chi connectivity index (χ4v) is 4.69. The third-order valence-corrected chi connectivity index (χ3v) is 6.26. The summed E-state index contributed by atoms with van der Waals surface area (Å²) in [6.45, 7) is 2.57. The van der Waals surface area contributed by atoms with Gasteiger partial charge >= 0.3 is 0 Å². The van der Waals surface area contributed by atoms with Crippen molar-refractivity contribution >= 4 is 17.2 Å². The Morgan fingerprint density at radius 1 is 1.25 bits per heavy atom. The number of benzene rings is 1. The molecule has 3 aromatic rings. The number of thiophene rings is 1. The van der Waals surface area contributed by atoms with Gasteiger partial charge in [-0.3, -0.25) is 14.8 Å². The van der Waals surface area contributed by atoms with Crippen LogP contribution in [-0.2, 0) is 13.1 Å². The molecule has 0 aliphatic carbocycles. The molecule has 3 heterocycles. The molecule has 1 atom stereocenters. The van der Waals surface area contributed by atoms with Crippen LogP contribution in [0.4, 0.5) is 0 Å². The number of aromatic amines is 1. The quantitative estimate of drug-likeness (QED) is 0.671. The second-order valence-corrected chi connectivity index (χ2v) is 8.44. The van der Waals surface area contributed by atoms with Crippen molar-refractivity contribution in [3.05, 3.63) is 75.7 Å². The first-order valence-corrected chi connectivity index (χ1v) is 10.7. The van der Waals surface area contributed by atoms with Gasteiger partial charge in [-0.05, 0) is 36.4 Å². The van der Waals surface area contributed by atoms with E-state index in [-0.39, 0.29) is 11.9 Å². The van der Waals surface area contributed by atoms with Crippen LogP contribution in [0, 0.1) is 0 Å². The third-order valence-electron chi connectivity index (χ3n) is 5.39. The average Bonchev–Trinajstić information content (AvgIpc) is 3.40. The van der Waals surface area contributed by atoms with E-state index >= 15 is 0 Å². The molecule has 28 heavy (non-hydrogen) atoms. The lowest BCUT2D eigenvalue weighted by atomic mass is 9.96. The topological polar surface area (TPSA) is 52.2 Å². The molecule has 4 rings (SSSR count). The van der Waals surface area contributed by atoms with Gasteiger partial charge in [0.25, 0.3) is 5.91 Å². The molecule has 1 aromatic carbocycles. The molecule has 0 spiro atoms. The molecule has 146 valence electrons. The van der Waals surface area contributed by atoms with Gasteiger partial charge in [-0.1, -0.05) is 42.8 Å². The van der Waals surface area contributed by atoms with Crippen molar-refractivity contribution in [1.82, 2.24) is 20.0 Å². The van der Waals surface area contributed by atoms with Crippen LogP contribution in [0.3, 0.4) is 0 Å². The van der Waals surface area contributed by atoms with E-state index in [9.17, 15) is 4.79 Å². The van der Waals surface area contributed by atoms with Gasteiger partial charge in [-0.15, -0.1) is 11.3 Å². The van der Waals surface area contributed by atoms with Gasteiger partial charge in [0.2, 0.25) is 0 Å². The van der Waals surface area contributed by atoms with E-state index in [1.54, 1.807) is 22.4 Å². The largest absolute Gasteiger partial charge is 0.337 e. The van der Waals surface area contributed by atoms with Crippen molar-refractivity contribution in [2.24, 2.45) is 0 Å². The first-order chi connectivity index (χ1) is 13.7. The molecular weight excluding hydrogens is 368 g/mol. The fraction of sp³-hybridized carbons (Fsp3) is 0.364. The minimum Gasteiger partial charge on any atom is -0.337 e. The minimum atomic E-state index is 0.0225. The Labute approximate surface area is 170 Å². The standard InChI is InChI=1S/C22H26N4OS/c1-25(15-17-8-3-2-4-9-17)22(27)19-14-23-24-21(19)20-11-5-6-12-26(20)16-18-10-7-13-28-18/h2-4,7-10,13-14,20H,5-6,11-12,15-16H2,1H3,(H,23,24)/t20-/m0/s1. The van der Waals surface area contributed by atoms with Gasteiger partial charge < -0.3 is 4.90 Å². The molecule has 6 heteroatoms. The summed E-state index contributed by atoms with van der Waals surface area (Å²) in [5.74, 6) is 0.0225. The summed E-state index contributed by atoms with van der Waals surface area (Å²) in [6, 6.07) is 14.6. The summed E-state index contributed by atoms with van der Waals surface area (Å²) in [5.41, 5.74) is 2.78. The van der Waals surface area contributed by atoms with Crippen molar-refractivity contribution in [3.63, 3.8) is 0 Å². The van der Waals surface area contributed by atoms with E-state index in [0.717, 1.165) is 30.8 Å². The number of likely N-dealkylation sites (tertiary alicyclic amines) is 1. The highest BCUT2D eigenvalue weighted by atomic mass is 32.1. The Hall–Kier alpha value is -2.44. The zero-order valence-corrected chi connectivity index (χ0v) is 17.0. The maximum absolute atomic E-state index is 13.1. The maximum atomic E-state index is 13.1. The summed E-state index contributed by atoms with van der Waals surface area (Å²) in [4.78, 5) is 18.8. The number of H-pyrrole nitrogens is 1. The van der Waals surface area contributed by atoms with Crippen molar-refractivity contribution in [2.75, 3.05) is 13.6 Å². The van der Waals surface area contributed by atoms with Crippen LogP contribution < -0.4 is 0 Å². The van der Waals surface area contributed by atoms with Crippen LogP contribution in [0.15, 0.2) is 54.0 Å². The predicted molar refractivity (Wildman–Crippen MR) is 112 cm³/mol. The van der Waals surface area contributed by atoms with Crippen LogP contribution in [0.1, 0.15) is 51.8 Å². The summed E-state index contributed by atoms with van der Waals surface area (Å²) in [7, 11) is 1.86. The smallest absolute Gasteiger partial charge is 0.257 e. The number of carbonyl (C=O) groups excluding carboxylic acids is 1. The molecule has 2 aromatic heterocycles. The Kier molecular flexibility index (Phi) is 5.88. The van der Waals surface area contributed by atoms with Crippen LogP contribution >= 0.6 is 11.3 Å². The normalized spacial score (nSPS) is 17.5. The van der Waals surface area contributed by atoms with E-state index in [4.69, 9.17) is 0 Å². The van der Waals surface area contributed by atoms with Crippen LogP contribution in [0.5, 0.6) is 0 Å². The second kappa shape index (κ2) is 8.71. The zero-order valence-electron chi connectivity index (χ0n) is 16.2. The second-order valence-electron chi connectivity index (χ2n) is 7.41. The molecule has 0 saturated carbocycles. The van der Waals surface area contributed by atoms with Gasteiger partial charge in [0.1, 0.15) is 0 Å². The molecule has 1 amide bonds. The summed E-state index contributed by atoms with van der Waals surface area (Å²) in [5, 5.41) is 9.51. The number of nitrogens with one attached hydrogen (secondary N) is 1. The number of amides is 1. The molecule has 0 radical (unpaired) electrons. The molecule has 5 nitrogen and oxygen atoms in total. The van der Waals surface area contributed by atoms with Crippen LogP contribution in [0.2, 0.25) is 0 Å². The first kappa shape index (κ1) is 18.9. The van der Waals surface area contributed by atoms with E-state index in [1.165, 1.54) is 17.7 Å². The number of carbonyl (C=O) groups is 1. The number of aromatic nitrogens is 2. The summed E-state index contributed by atoms with van der Waals surface area (Å²) < 4.78 is 0. The summed E-state index contributed by atoms with van der Waals surface area (Å²) in [6.07, 6.45) is 5.12. The molecule has 0 bridgehead atoms. The fourth-order valence-electron chi connectivity index (χ4n) is 3.97. The average molecular weight is 395 g/mol. The van der Waals surface area contributed by atoms with Crippen molar-refractivity contribution < 1.29 is 4.79 Å². The monoisotopic (exact) mass is 394 g/mol. The van der Waals surface area contributed by atoms with Crippen molar-refractivity contribution in [1.29, 1.82) is 0 Å². The molecule has 1 aliphatic heterocycles. The number of nitrogens with zero attached hydrogens (tertiary/aromatic N) is 3. The molecular formula is C22H26N4OS. The molecule has 1 fully saturated rings. The third kappa shape index (κ3) is 4.18. The lowest BCUT2D eigenvalue weighted by molar-refractivity contribution is 0.0776. The molecule has 1 N–H and O–H groups in total. The lowest BCUT2D eigenvalue weighted by Gasteiger charge is -2.35. The highest BCUT2D eigenvalue weighted by Crippen LogP contribution is 2.33. The van der Waals surface area contributed by atoms with E-state index in [0.29, 0.717) is 12.1 Å². The van der Waals surface area contributed by atoms with Crippen LogP contribution in [0.25, 0.3) is 0 Å². The Morgan fingerprint density at radius 3 is 2.89 bits per heavy atom. The minimum absolute atomic E-state index is 0.0225. The molecule has 0 unspecified atom stereocenters. The maximum Gasteiger partial charge on any atom is 0.257 e. The Bertz CT molecular complexity index is 890. The van der Waals surface area contributed by atoms with Crippen molar-refractivity contribution in [2.45, 2.75) is 38.4 Å². The molecule has 1 saturated heterocycles. The van der Waals surface area contributed by atoms with E-state index in [1.807, 2.05) is 37.4 Å². The number of piperidine rings is 1. The molecule has 1 aliphatic rings. The van der Waals surface area contributed by atoms with Crippen LogP contribution in [-0.4, -0.2) is 39.5 Å². The first-order valence-electron chi connectivity index (χ1n) is 9.81. The number of rotatable bonds is 6. The van der Waals surface area contributed by atoms with Crippen molar-refractivity contribution in [3.8, 4) is 0 Å². The van der Waals surface area contributed by atoms with Gasteiger partial charge in [-0.25, -0.2) is 0 Å². The SMILES string of the molecule is CN(Cc1ccccc1)C(=O)c1cn[nH]c1[C@@H]1CCCCN1Cc1cccs1. The lowest BCUT2D eigenvalue weighted by Crippen LogP contribution is -2.35. The van der Waals surface area contributed by atoms with Gasteiger partial charge in [0.05, 0.1) is 23.5 Å². The highest BCUT2D eigenvalue weighted by Gasteiger charge is 2.30. The Morgan fingerprint density at radius 2 is 2.11 bits per heavy atom. The van der Waals surface area contributed by atoms with E-state index < -0.39 is 0 Å². The predicted octanol–water partition coefficient (Wildman–Crippen LogP) is 4.47. The van der Waals surface area contributed by atoms with Gasteiger partial charge in [0.15, 0.2) is 0 Å². The van der Waals surface area contributed by atoms with Gasteiger partial charge in [-0.2, -0.15) is 5.10 Å². The zero-order chi connectivity index (χ0) is 19.3. The number of hydrogen-bond acceptors (Lipinski definition) is 4.